The second kappa shape index (κ2) is 7.71. The Labute approximate surface area is 240 Å². The summed E-state index contributed by atoms with van der Waals surface area (Å²) >= 11 is 1.85. The number of hydrogen-bond donors (Lipinski definition) is 0. The van der Waals surface area contributed by atoms with Gasteiger partial charge < -0.3 is 9.47 Å². The van der Waals surface area contributed by atoms with Gasteiger partial charge in [-0.3, -0.25) is 0 Å². The molecule has 0 atom stereocenters. The van der Waals surface area contributed by atoms with E-state index in [0.29, 0.717) is 0 Å². The molecule has 0 N–H and O–H groups in total. The molecule has 0 spiro atoms. The molecule has 7 aromatic rings. The predicted molar refractivity (Wildman–Crippen MR) is 170 cm³/mol. The van der Waals surface area contributed by atoms with Crippen LogP contribution in [0.2, 0.25) is 0 Å². The van der Waals surface area contributed by atoms with Crippen LogP contribution < -0.4 is 21.3 Å². The molecule has 10 rings (SSSR count). The Morgan fingerprint density at radius 1 is 0.585 bits per heavy atom. The molecule has 3 aliphatic rings. The van der Waals surface area contributed by atoms with Gasteiger partial charge in [0.15, 0.2) is 0 Å². The maximum Gasteiger partial charge on any atom is 0.252 e. The second-order valence-electron chi connectivity index (χ2n) is 11.1. The molecule has 0 aliphatic carbocycles. The SMILES string of the molecule is Fc1ccc(-c2cc3c4c(c2)-n2c5ccccc5c5cccc(c52)B4c2cccc4c2N3c2ccccc2S4)cc1. The van der Waals surface area contributed by atoms with Gasteiger partial charge in [-0.25, -0.2) is 4.39 Å². The lowest BCUT2D eigenvalue weighted by Gasteiger charge is -2.43. The molecular formula is C36H20BFN2S. The van der Waals surface area contributed by atoms with Crippen molar-refractivity contribution in [2.45, 2.75) is 9.79 Å². The molecule has 5 heteroatoms. The van der Waals surface area contributed by atoms with Crippen LogP contribution in [0.1, 0.15) is 0 Å². The minimum Gasteiger partial charge on any atom is -0.310 e. The summed E-state index contributed by atoms with van der Waals surface area (Å²) in [7, 11) is 0. The van der Waals surface area contributed by atoms with Gasteiger partial charge in [-0.1, -0.05) is 84.6 Å². The van der Waals surface area contributed by atoms with E-state index in [-0.39, 0.29) is 12.5 Å². The van der Waals surface area contributed by atoms with Crippen LogP contribution in [0.15, 0.2) is 131 Å². The molecule has 6 aromatic carbocycles. The molecule has 0 radical (unpaired) electrons. The summed E-state index contributed by atoms with van der Waals surface area (Å²) in [5.41, 5.74) is 13.5. The maximum atomic E-state index is 14.0. The van der Waals surface area contributed by atoms with Crippen molar-refractivity contribution in [3.05, 3.63) is 127 Å². The van der Waals surface area contributed by atoms with Crippen LogP contribution in [0, 0.1) is 5.82 Å². The molecule has 1 aromatic heterocycles. The number of hydrogen-bond acceptors (Lipinski definition) is 2. The lowest BCUT2D eigenvalue weighted by atomic mass is 9.33. The molecule has 3 aliphatic heterocycles. The van der Waals surface area contributed by atoms with Gasteiger partial charge in [0.2, 0.25) is 0 Å². The van der Waals surface area contributed by atoms with Gasteiger partial charge in [-0.2, -0.15) is 0 Å². The number of halogens is 1. The van der Waals surface area contributed by atoms with Gasteiger partial charge in [-0.05, 0) is 76.0 Å². The van der Waals surface area contributed by atoms with Crippen LogP contribution in [-0.2, 0) is 0 Å². The van der Waals surface area contributed by atoms with Gasteiger partial charge in [0.25, 0.3) is 6.71 Å². The summed E-state index contributed by atoms with van der Waals surface area (Å²) in [6.45, 7) is 0.111. The monoisotopic (exact) mass is 542 g/mol. The third kappa shape index (κ3) is 2.74. The zero-order valence-corrected chi connectivity index (χ0v) is 22.6. The average molecular weight is 542 g/mol. The lowest BCUT2D eigenvalue weighted by Crippen LogP contribution is -2.60. The molecular weight excluding hydrogens is 522 g/mol. The second-order valence-corrected chi connectivity index (χ2v) is 12.1. The van der Waals surface area contributed by atoms with E-state index in [0.717, 1.165) is 11.1 Å². The van der Waals surface area contributed by atoms with Gasteiger partial charge in [0.1, 0.15) is 5.82 Å². The van der Waals surface area contributed by atoms with Crippen molar-refractivity contribution < 1.29 is 4.39 Å². The summed E-state index contributed by atoms with van der Waals surface area (Å²) in [6.07, 6.45) is 0. The van der Waals surface area contributed by atoms with Gasteiger partial charge in [0, 0.05) is 37.5 Å². The number of aromatic nitrogens is 1. The Bertz CT molecular complexity index is 2270. The van der Waals surface area contributed by atoms with Crippen LogP contribution in [0.5, 0.6) is 0 Å². The fourth-order valence-electron chi connectivity index (χ4n) is 7.42. The van der Waals surface area contributed by atoms with Crippen molar-refractivity contribution in [1.82, 2.24) is 4.57 Å². The Morgan fingerprint density at radius 2 is 1.32 bits per heavy atom. The molecule has 4 heterocycles. The molecule has 0 saturated carbocycles. The van der Waals surface area contributed by atoms with Gasteiger partial charge >= 0.3 is 0 Å². The summed E-state index contributed by atoms with van der Waals surface area (Å²) in [5, 5.41) is 2.55. The first-order chi connectivity index (χ1) is 20.3. The normalized spacial score (nSPS) is 13.8. The van der Waals surface area contributed by atoms with Crippen LogP contribution in [-0.4, -0.2) is 11.3 Å². The lowest BCUT2D eigenvalue weighted by molar-refractivity contribution is 0.628. The molecule has 2 nitrogen and oxygen atoms in total. The van der Waals surface area contributed by atoms with Crippen molar-refractivity contribution in [2.24, 2.45) is 0 Å². The van der Waals surface area contributed by atoms with E-state index in [4.69, 9.17) is 0 Å². The van der Waals surface area contributed by atoms with E-state index >= 15 is 0 Å². The zero-order chi connectivity index (χ0) is 26.8. The predicted octanol–water partition coefficient (Wildman–Crippen LogP) is 7.67. The highest BCUT2D eigenvalue weighted by Gasteiger charge is 2.44. The van der Waals surface area contributed by atoms with E-state index in [1.807, 2.05) is 23.9 Å². The minimum atomic E-state index is -0.222. The fourth-order valence-corrected chi connectivity index (χ4v) is 8.52. The number of benzene rings is 6. The first-order valence-electron chi connectivity index (χ1n) is 13.9. The molecule has 190 valence electrons. The van der Waals surface area contributed by atoms with Crippen molar-refractivity contribution in [3.8, 4) is 16.8 Å². The number of anilines is 3. The van der Waals surface area contributed by atoms with Crippen molar-refractivity contribution >= 4 is 73.7 Å². The van der Waals surface area contributed by atoms with Crippen molar-refractivity contribution in [3.63, 3.8) is 0 Å². The average Bonchev–Trinajstić information content (AvgIpc) is 3.36. The van der Waals surface area contributed by atoms with E-state index in [1.54, 1.807) is 12.1 Å². The third-order valence-electron chi connectivity index (χ3n) is 9.01. The number of fused-ring (bicyclic) bond motifs is 9. The molecule has 0 amide bonds. The van der Waals surface area contributed by atoms with Crippen LogP contribution in [0.25, 0.3) is 38.6 Å². The van der Waals surface area contributed by atoms with Crippen LogP contribution >= 0.6 is 11.8 Å². The van der Waals surface area contributed by atoms with E-state index < -0.39 is 0 Å². The number of rotatable bonds is 1. The molecule has 41 heavy (non-hydrogen) atoms. The Kier molecular flexibility index (Phi) is 4.14. The maximum absolute atomic E-state index is 14.0. The Morgan fingerprint density at radius 3 is 2.24 bits per heavy atom. The Balaban J connectivity index is 1.42. The first-order valence-corrected chi connectivity index (χ1v) is 14.7. The van der Waals surface area contributed by atoms with E-state index in [1.165, 1.54) is 70.7 Å². The van der Waals surface area contributed by atoms with Crippen LogP contribution in [0.4, 0.5) is 21.5 Å². The highest BCUT2D eigenvalue weighted by molar-refractivity contribution is 7.99. The summed E-state index contributed by atoms with van der Waals surface area (Å²) in [4.78, 5) is 5.01. The minimum absolute atomic E-state index is 0.111. The number of nitrogens with zero attached hydrogens (tertiary/aromatic N) is 2. The quantitative estimate of drug-likeness (QED) is 0.197. The molecule has 0 fully saturated rings. The van der Waals surface area contributed by atoms with Crippen LogP contribution in [0.3, 0.4) is 0 Å². The smallest absolute Gasteiger partial charge is 0.252 e. The van der Waals surface area contributed by atoms with Gasteiger partial charge in [0.05, 0.1) is 16.9 Å². The largest absolute Gasteiger partial charge is 0.310 e. The highest BCUT2D eigenvalue weighted by atomic mass is 32.2. The molecule has 0 bridgehead atoms. The molecule has 0 saturated heterocycles. The topological polar surface area (TPSA) is 8.17 Å². The summed E-state index contributed by atoms with van der Waals surface area (Å²) in [6, 6.07) is 42.6. The number of para-hydroxylation sites is 4. The van der Waals surface area contributed by atoms with Gasteiger partial charge in [-0.15, -0.1) is 0 Å². The van der Waals surface area contributed by atoms with Crippen molar-refractivity contribution in [1.29, 1.82) is 0 Å². The van der Waals surface area contributed by atoms with Crippen molar-refractivity contribution in [2.75, 3.05) is 4.90 Å². The zero-order valence-electron chi connectivity index (χ0n) is 21.8. The Hall–Kier alpha value is -4.74. The fraction of sp³-hybridized carbons (Fsp3) is 0. The summed E-state index contributed by atoms with van der Waals surface area (Å²) in [5.74, 6) is -0.222. The standard InChI is InChI=1S/C36H20BFN2S/c38-23-17-15-21(16-18-23)22-19-30-34-31(20-22)40-29-12-3-4-13-32(29)41-33-14-6-10-27(36(33)40)37(34)26-9-5-8-25-24-7-1-2-11-28(24)39(30)35(25)26/h1-20H. The van der Waals surface area contributed by atoms with E-state index in [2.05, 4.69) is 107 Å². The first kappa shape index (κ1) is 22.0. The summed E-state index contributed by atoms with van der Waals surface area (Å²) < 4.78 is 16.5. The van der Waals surface area contributed by atoms with E-state index in [9.17, 15) is 4.39 Å². The molecule has 0 unspecified atom stereocenters. The third-order valence-corrected chi connectivity index (χ3v) is 10.1. The highest BCUT2D eigenvalue weighted by Crippen LogP contribution is 2.53.